The molecule has 1 atom stereocenters. The van der Waals surface area contributed by atoms with E-state index in [1.54, 1.807) is 0 Å². The number of nitrogens with zero attached hydrogens (tertiary/aromatic N) is 2. The summed E-state index contributed by atoms with van der Waals surface area (Å²) in [4.78, 5) is 8.75. The summed E-state index contributed by atoms with van der Waals surface area (Å²) >= 11 is 0. The largest absolute Gasteiger partial charge is 0.394 e. The average Bonchev–Trinajstić information content (AvgIpc) is 2.39. The van der Waals surface area contributed by atoms with Crippen molar-refractivity contribution >= 4 is 22.7 Å². The van der Waals surface area contributed by atoms with E-state index in [9.17, 15) is 5.11 Å². The van der Waals surface area contributed by atoms with Crippen LogP contribution in [0.4, 0.5) is 11.6 Å². The Balaban J connectivity index is 2.42. The standard InChI is InChI=1S/C13H18N4O/c1-3-13(2,8-18)17-12-11(14)15-9-6-4-5-7-10(9)16-12/h4-7,18H,3,8H2,1-2H3,(H2,14,15)(H,16,17). The fourth-order valence-corrected chi connectivity index (χ4v) is 1.63. The van der Waals surface area contributed by atoms with Gasteiger partial charge in [-0.1, -0.05) is 19.1 Å². The molecule has 0 fully saturated rings. The third-order valence-electron chi connectivity index (χ3n) is 3.15. The van der Waals surface area contributed by atoms with E-state index in [4.69, 9.17) is 5.73 Å². The van der Waals surface area contributed by atoms with Crippen molar-refractivity contribution in [2.45, 2.75) is 25.8 Å². The van der Waals surface area contributed by atoms with E-state index in [-0.39, 0.29) is 6.61 Å². The van der Waals surface area contributed by atoms with Crippen LogP contribution in [0.3, 0.4) is 0 Å². The third-order valence-corrected chi connectivity index (χ3v) is 3.15. The second-order valence-corrected chi connectivity index (χ2v) is 4.64. The summed E-state index contributed by atoms with van der Waals surface area (Å²) in [6.45, 7) is 3.93. The van der Waals surface area contributed by atoms with Gasteiger partial charge in [-0.2, -0.15) is 0 Å². The number of hydrogen-bond acceptors (Lipinski definition) is 5. The van der Waals surface area contributed by atoms with E-state index in [0.717, 1.165) is 17.5 Å². The van der Waals surface area contributed by atoms with Crippen molar-refractivity contribution in [2.24, 2.45) is 0 Å². The molecule has 5 nitrogen and oxygen atoms in total. The van der Waals surface area contributed by atoms with Crippen molar-refractivity contribution in [2.75, 3.05) is 17.7 Å². The number of hydrogen-bond donors (Lipinski definition) is 3. The molecule has 0 saturated carbocycles. The lowest BCUT2D eigenvalue weighted by Crippen LogP contribution is -2.38. The van der Waals surface area contributed by atoms with Gasteiger partial charge in [-0.25, -0.2) is 9.97 Å². The smallest absolute Gasteiger partial charge is 0.170 e. The van der Waals surface area contributed by atoms with Crippen LogP contribution in [0.25, 0.3) is 11.0 Å². The Morgan fingerprint density at radius 2 is 1.89 bits per heavy atom. The second-order valence-electron chi connectivity index (χ2n) is 4.64. The van der Waals surface area contributed by atoms with Crippen LogP contribution in [-0.2, 0) is 0 Å². The zero-order valence-electron chi connectivity index (χ0n) is 10.6. The molecular formula is C13H18N4O. The third kappa shape index (κ3) is 2.36. The van der Waals surface area contributed by atoms with Gasteiger partial charge in [0.2, 0.25) is 0 Å². The Kier molecular flexibility index (Phi) is 3.34. The number of aliphatic hydroxyl groups excluding tert-OH is 1. The van der Waals surface area contributed by atoms with Crippen molar-refractivity contribution in [1.29, 1.82) is 0 Å². The molecule has 18 heavy (non-hydrogen) atoms. The zero-order valence-corrected chi connectivity index (χ0v) is 10.6. The highest BCUT2D eigenvalue weighted by molar-refractivity contribution is 5.79. The minimum absolute atomic E-state index is 0.0114. The normalized spacial score (nSPS) is 14.4. The summed E-state index contributed by atoms with van der Waals surface area (Å²) in [6.07, 6.45) is 0.761. The molecule has 0 aliphatic rings. The molecule has 4 N–H and O–H groups in total. The van der Waals surface area contributed by atoms with Crippen molar-refractivity contribution in [3.8, 4) is 0 Å². The molecule has 1 heterocycles. The highest BCUT2D eigenvalue weighted by Gasteiger charge is 2.22. The first kappa shape index (κ1) is 12.6. The molecule has 2 aromatic rings. The topological polar surface area (TPSA) is 84.1 Å². The maximum atomic E-state index is 9.40. The van der Waals surface area contributed by atoms with E-state index in [1.165, 1.54) is 0 Å². The van der Waals surface area contributed by atoms with Crippen molar-refractivity contribution in [3.63, 3.8) is 0 Å². The number of aliphatic hydroxyl groups is 1. The number of benzene rings is 1. The first-order valence-corrected chi connectivity index (χ1v) is 5.99. The Bertz CT molecular complexity index is 552. The lowest BCUT2D eigenvalue weighted by atomic mass is 10.0. The van der Waals surface area contributed by atoms with Crippen molar-refractivity contribution in [3.05, 3.63) is 24.3 Å². The van der Waals surface area contributed by atoms with E-state index in [1.807, 2.05) is 38.1 Å². The van der Waals surface area contributed by atoms with Gasteiger partial charge in [0.1, 0.15) is 0 Å². The van der Waals surface area contributed by atoms with Crippen LogP contribution in [0, 0.1) is 0 Å². The monoisotopic (exact) mass is 246 g/mol. The highest BCUT2D eigenvalue weighted by atomic mass is 16.3. The maximum absolute atomic E-state index is 9.40. The lowest BCUT2D eigenvalue weighted by Gasteiger charge is -2.28. The summed E-state index contributed by atoms with van der Waals surface area (Å²) < 4.78 is 0. The van der Waals surface area contributed by atoms with Gasteiger partial charge >= 0.3 is 0 Å². The molecule has 1 unspecified atom stereocenters. The van der Waals surface area contributed by atoms with Crippen LogP contribution in [0.2, 0.25) is 0 Å². The SMILES string of the molecule is CCC(C)(CO)Nc1nc2ccccc2nc1N. The molecule has 0 radical (unpaired) electrons. The van der Waals surface area contributed by atoms with Crippen molar-refractivity contribution < 1.29 is 5.11 Å². The lowest BCUT2D eigenvalue weighted by molar-refractivity contribution is 0.218. The van der Waals surface area contributed by atoms with Gasteiger partial charge in [-0.3, -0.25) is 0 Å². The van der Waals surface area contributed by atoms with Crippen LogP contribution < -0.4 is 11.1 Å². The number of anilines is 2. The molecular weight excluding hydrogens is 228 g/mol. The van der Waals surface area contributed by atoms with Gasteiger partial charge in [0.15, 0.2) is 11.6 Å². The molecule has 1 aromatic carbocycles. The van der Waals surface area contributed by atoms with E-state index < -0.39 is 5.54 Å². The number of nitrogens with two attached hydrogens (primary N) is 1. The quantitative estimate of drug-likeness (QED) is 0.766. The predicted octanol–water partition coefficient (Wildman–Crippen LogP) is 1.78. The molecule has 0 bridgehead atoms. The first-order valence-electron chi connectivity index (χ1n) is 5.99. The van der Waals surface area contributed by atoms with Crippen LogP contribution >= 0.6 is 0 Å². The summed E-state index contributed by atoms with van der Waals surface area (Å²) in [6, 6.07) is 7.55. The first-order chi connectivity index (χ1) is 8.58. The van der Waals surface area contributed by atoms with Crippen LogP contribution in [-0.4, -0.2) is 27.2 Å². The minimum Gasteiger partial charge on any atom is -0.394 e. The van der Waals surface area contributed by atoms with Crippen LogP contribution in [0.15, 0.2) is 24.3 Å². The highest BCUT2D eigenvalue weighted by Crippen LogP contribution is 2.23. The summed E-state index contributed by atoms with van der Waals surface area (Å²) in [5.41, 5.74) is 7.00. The van der Waals surface area contributed by atoms with E-state index in [2.05, 4.69) is 15.3 Å². The molecule has 1 aromatic heterocycles. The molecule has 2 rings (SSSR count). The minimum atomic E-state index is -0.439. The fourth-order valence-electron chi connectivity index (χ4n) is 1.63. The number of aromatic nitrogens is 2. The number of rotatable bonds is 4. The fraction of sp³-hybridized carbons (Fsp3) is 0.385. The second kappa shape index (κ2) is 4.78. The summed E-state index contributed by atoms with van der Waals surface area (Å²) in [5, 5.41) is 12.6. The summed E-state index contributed by atoms with van der Waals surface area (Å²) in [7, 11) is 0. The number of fused-ring (bicyclic) bond motifs is 1. The Morgan fingerprint density at radius 1 is 1.28 bits per heavy atom. The van der Waals surface area contributed by atoms with Gasteiger partial charge in [0, 0.05) is 0 Å². The predicted molar refractivity (Wildman–Crippen MR) is 73.4 cm³/mol. The average molecular weight is 246 g/mol. The number of nitrogens with one attached hydrogen (secondary N) is 1. The van der Waals surface area contributed by atoms with Crippen LogP contribution in [0.1, 0.15) is 20.3 Å². The van der Waals surface area contributed by atoms with Gasteiger partial charge in [0.05, 0.1) is 23.2 Å². The van der Waals surface area contributed by atoms with Gasteiger partial charge in [-0.15, -0.1) is 0 Å². The van der Waals surface area contributed by atoms with Gasteiger partial charge in [-0.05, 0) is 25.5 Å². The maximum Gasteiger partial charge on any atom is 0.170 e. The Morgan fingerprint density at radius 3 is 2.44 bits per heavy atom. The molecule has 5 heteroatoms. The Hall–Kier alpha value is -1.88. The molecule has 0 aliphatic heterocycles. The molecule has 0 amide bonds. The number of para-hydroxylation sites is 2. The zero-order chi connectivity index (χ0) is 13.2. The molecule has 0 spiro atoms. The summed E-state index contributed by atoms with van der Waals surface area (Å²) in [5.74, 6) is 0.869. The molecule has 0 saturated heterocycles. The van der Waals surface area contributed by atoms with Gasteiger partial charge < -0.3 is 16.2 Å². The van der Waals surface area contributed by atoms with E-state index in [0.29, 0.717) is 11.6 Å². The Labute approximate surface area is 106 Å². The number of nitrogen functional groups attached to an aromatic ring is 1. The molecule has 96 valence electrons. The molecule has 0 aliphatic carbocycles. The van der Waals surface area contributed by atoms with Crippen molar-refractivity contribution in [1.82, 2.24) is 9.97 Å². The van der Waals surface area contributed by atoms with Crippen LogP contribution in [0.5, 0.6) is 0 Å². The van der Waals surface area contributed by atoms with E-state index >= 15 is 0 Å². The van der Waals surface area contributed by atoms with Gasteiger partial charge in [0.25, 0.3) is 0 Å².